The fourth-order valence-corrected chi connectivity index (χ4v) is 4.07. The Balaban J connectivity index is 1.69. The quantitative estimate of drug-likeness (QED) is 0.273. The molecule has 0 saturated carbocycles. The Bertz CT molecular complexity index is 1110. The van der Waals surface area contributed by atoms with Gasteiger partial charge in [0.25, 0.3) is 11.6 Å². The van der Waals surface area contributed by atoms with Crippen molar-refractivity contribution in [1.82, 2.24) is 25.1 Å². The molecule has 0 bridgehead atoms. The maximum absolute atomic E-state index is 12.7. The number of nitrogens with zero attached hydrogens (tertiary/aromatic N) is 5. The van der Waals surface area contributed by atoms with Crippen LogP contribution in [0.4, 0.5) is 10.8 Å². The number of thioether (sulfide) groups is 1. The van der Waals surface area contributed by atoms with Gasteiger partial charge in [0.15, 0.2) is 16.1 Å². The van der Waals surface area contributed by atoms with Gasteiger partial charge in [0.05, 0.1) is 16.7 Å². The van der Waals surface area contributed by atoms with E-state index in [9.17, 15) is 19.7 Å². The fourth-order valence-electron chi connectivity index (χ4n) is 2.81. The highest BCUT2D eigenvalue weighted by Crippen LogP contribution is 2.25. The van der Waals surface area contributed by atoms with E-state index >= 15 is 0 Å². The molecule has 2 N–H and O–H groups in total. The van der Waals surface area contributed by atoms with Crippen molar-refractivity contribution in [3.63, 3.8) is 0 Å². The Morgan fingerprint density at radius 2 is 2.09 bits per heavy atom. The molecule has 0 saturated heterocycles. The Morgan fingerprint density at radius 1 is 1.31 bits per heavy atom. The molecule has 13 heteroatoms. The van der Waals surface area contributed by atoms with Crippen molar-refractivity contribution < 1.29 is 14.5 Å². The van der Waals surface area contributed by atoms with Crippen LogP contribution in [0.3, 0.4) is 0 Å². The Morgan fingerprint density at radius 3 is 2.75 bits per heavy atom. The van der Waals surface area contributed by atoms with Crippen molar-refractivity contribution in [2.45, 2.75) is 25.0 Å². The van der Waals surface area contributed by atoms with Gasteiger partial charge in [-0.3, -0.25) is 19.7 Å². The number of amides is 2. The van der Waals surface area contributed by atoms with E-state index in [1.165, 1.54) is 47.4 Å². The standard InChI is InChI=1S/C19H21N7O4S2/c1-11(2)15(22-17(28)12-5-4-6-13(9-12)26(29)30)16-23-24-19(25(16)3)32-10-14(27)21-18-20-7-8-31-18/h4-9,11,15H,10H2,1-3H3,(H,22,28)(H,20,21,27)/t15-/m1/s1. The monoisotopic (exact) mass is 475 g/mol. The van der Waals surface area contributed by atoms with Crippen LogP contribution in [0, 0.1) is 16.0 Å². The number of nitro benzene ring substituents is 1. The molecule has 0 unspecified atom stereocenters. The minimum atomic E-state index is -0.548. The van der Waals surface area contributed by atoms with Gasteiger partial charge in [0.2, 0.25) is 5.91 Å². The van der Waals surface area contributed by atoms with Crippen LogP contribution in [0.5, 0.6) is 0 Å². The zero-order valence-electron chi connectivity index (χ0n) is 17.5. The number of benzene rings is 1. The summed E-state index contributed by atoms with van der Waals surface area (Å²) in [5, 5.41) is 27.7. The van der Waals surface area contributed by atoms with Gasteiger partial charge in [0.1, 0.15) is 0 Å². The van der Waals surface area contributed by atoms with E-state index in [4.69, 9.17) is 0 Å². The van der Waals surface area contributed by atoms with Crippen molar-refractivity contribution in [2.24, 2.45) is 13.0 Å². The van der Waals surface area contributed by atoms with E-state index in [2.05, 4.69) is 25.8 Å². The molecule has 2 amide bonds. The SMILES string of the molecule is CC(C)[C@@H](NC(=O)c1cccc([N+](=O)[O-])c1)c1nnc(SCC(=O)Nc2nccs2)n1C. The molecule has 2 aromatic heterocycles. The number of rotatable bonds is 9. The molecule has 1 atom stereocenters. The lowest BCUT2D eigenvalue weighted by atomic mass is 10.0. The lowest BCUT2D eigenvalue weighted by Gasteiger charge is -2.21. The fraction of sp³-hybridized carbons (Fsp3) is 0.316. The highest BCUT2D eigenvalue weighted by Gasteiger charge is 2.26. The van der Waals surface area contributed by atoms with Gasteiger partial charge in [-0.1, -0.05) is 31.7 Å². The zero-order chi connectivity index (χ0) is 23.3. The van der Waals surface area contributed by atoms with E-state index < -0.39 is 16.9 Å². The first kappa shape index (κ1) is 23.3. The predicted octanol–water partition coefficient (Wildman–Crippen LogP) is 3.04. The van der Waals surface area contributed by atoms with Crippen LogP contribution in [-0.2, 0) is 11.8 Å². The predicted molar refractivity (Wildman–Crippen MR) is 121 cm³/mol. The maximum atomic E-state index is 12.7. The molecule has 0 fully saturated rings. The van der Waals surface area contributed by atoms with Crippen LogP contribution in [-0.4, -0.2) is 42.2 Å². The van der Waals surface area contributed by atoms with Gasteiger partial charge >= 0.3 is 0 Å². The first-order valence-corrected chi connectivity index (χ1v) is 11.4. The minimum Gasteiger partial charge on any atom is -0.342 e. The average Bonchev–Trinajstić information content (AvgIpc) is 3.40. The third-order valence-corrected chi connectivity index (χ3v) is 6.14. The molecule has 0 spiro atoms. The molecule has 1 aromatic carbocycles. The van der Waals surface area contributed by atoms with Crippen LogP contribution in [0.25, 0.3) is 0 Å². The molecule has 32 heavy (non-hydrogen) atoms. The Kier molecular flexibility index (Phi) is 7.53. The summed E-state index contributed by atoms with van der Waals surface area (Å²) in [4.78, 5) is 39.3. The van der Waals surface area contributed by atoms with Gasteiger partial charge in [-0.25, -0.2) is 4.98 Å². The number of hydrogen-bond donors (Lipinski definition) is 2. The molecule has 168 valence electrons. The first-order chi connectivity index (χ1) is 15.3. The number of non-ortho nitro benzene ring substituents is 1. The number of anilines is 1. The number of nitrogens with one attached hydrogen (secondary N) is 2. The van der Waals surface area contributed by atoms with E-state index in [0.29, 0.717) is 16.1 Å². The van der Waals surface area contributed by atoms with Crippen LogP contribution in [0.15, 0.2) is 41.0 Å². The van der Waals surface area contributed by atoms with Crippen LogP contribution in [0.2, 0.25) is 0 Å². The van der Waals surface area contributed by atoms with E-state index in [1.54, 1.807) is 23.2 Å². The minimum absolute atomic E-state index is 0.0356. The number of aromatic nitrogens is 4. The summed E-state index contributed by atoms with van der Waals surface area (Å²) in [6, 6.07) is 5.04. The molecule has 2 heterocycles. The second-order valence-corrected chi connectivity index (χ2v) is 8.91. The third-order valence-electron chi connectivity index (χ3n) is 4.43. The summed E-state index contributed by atoms with van der Waals surface area (Å²) in [5.74, 6) is -0.0627. The lowest BCUT2D eigenvalue weighted by molar-refractivity contribution is -0.384. The Hall–Kier alpha value is -3.32. The zero-order valence-corrected chi connectivity index (χ0v) is 19.1. The van der Waals surface area contributed by atoms with Gasteiger partial charge in [-0.2, -0.15) is 0 Å². The normalized spacial score (nSPS) is 11.9. The molecule has 0 aliphatic carbocycles. The van der Waals surface area contributed by atoms with Crippen molar-refractivity contribution in [1.29, 1.82) is 0 Å². The Labute approximate surface area is 191 Å². The molecule has 3 rings (SSSR count). The lowest BCUT2D eigenvalue weighted by Crippen LogP contribution is -2.33. The van der Waals surface area contributed by atoms with Crippen molar-refractivity contribution in [2.75, 3.05) is 11.1 Å². The summed E-state index contributed by atoms with van der Waals surface area (Å²) >= 11 is 2.54. The van der Waals surface area contributed by atoms with Crippen LogP contribution < -0.4 is 10.6 Å². The van der Waals surface area contributed by atoms with Gasteiger partial charge in [-0.05, 0) is 12.0 Å². The molecule has 0 aliphatic rings. The smallest absolute Gasteiger partial charge is 0.270 e. The third kappa shape index (κ3) is 5.68. The van der Waals surface area contributed by atoms with Crippen molar-refractivity contribution in [3.8, 4) is 0 Å². The number of hydrogen-bond acceptors (Lipinski definition) is 9. The van der Waals surface area contributed by atoms with Crippen molar-refractivity contribution >= 4 is 45.7 Å². The summed E-state index contributed by atoms with van der Waals surface area (Å²) < 4.78 is 1.72. The second-order valence-electron chi connectivity index (χ2n) is 7.08. The van der Waals surface area contributed by atoms with Gasteiger partial charge in [0, 0.05) is 36.3 Å². The van der Waals surface area contributed by atoms with Gasteiger partial charge in [-0.15, -0.1) is 21.5 Å². The topological polar surface area (TPSA) is 145 Å². The van der Waals surface area contributed by atoms with E-state index in [1.807, 2.05) is 13.8 Å². The molecule has 3 aromatic rings. The molecule has 0 radical (unpaired) electrons. The highest BCUT2D eigenvalue weighted by molar-refractivity contribution is 7.99. The average molecular weight is 476 g/mol. The number of thiazole rings is 1. The second kappa shape index (κ2) is 10.3. The summed E-state index contributed by atoms with van der Waals surface area (Å²) in [6.45, 7) is 3.84. The molecule has 0 aliphatic heterocycles. The molecule has 11 nitrogen and oxygen atoms in total. The largest absolute Gasteiger partial charge is 0.342 e. The van der Waals surface area contributed by atoms with Crippen molar-refractivity contribution in [3.05, 3.63) is 57.3 Å². The van der Waals surface area contributed by atoms with Gasteiger partial charge < -0.3 is 15.2 Å². The molecular formula is C19H21N7O4S2. The summed E-state index contributed by atoms with van der Waals surface area (Å²) in [7, 11) is 1.76. The number of nitro groups is 1. The van der Waals surface area contributed by atoms with Crippen LogP contribution in [0.1, 0.15) is 36.1 Å². The van der Waals surface area contributed by atoms with Crippen LogP contribution >= 0.6 is 23.1 Å². The highest BCUT2D eigenvalue weighted by atomic mass is 32.2. The summed E-state index contributed by atoms with van der Waals surface area (Å²) in [5.41, 5.74) is 0.0209. The molecular weight excluding hydrogens is 454 g/mol. The first-order valence-electron chi connectivity index (χ1n) is 9.53. The number of carbonyl (C=O) groups excluding carboxylic acids is 2. The maximum Gasteiger partial charge on any atom is 0.270 e. The number of carbonyl (C=O) groups is 2. The summed E-state index contributed by atoms with van der Waals surface area (Å²) in [6.07, 6.45) is 1.61. The van der Waals surface area contributed by atoms with E-state index in [0.717, 1.165) is 0 Å². The van der Waals surface area contributed by atoms with E-state index in [-0.39, 0.29) is 28.8 Å².